The molecule has 0 saturated carbocycles. The van der Waals surface area contributed by atoms with Gasteiger partial charge in [0.25, 0.3) is 0 Å². The summed E-state index contributed by atoms with van der Waals surface area (Å²) in [6.07, 6.45) is -4.52. The average Bonchev–Trinajstić information content (AvgIpc) is 3.06. The van der Waals surface area contributed by atoms with Crippen molar-refractivity contribution in [2.45, 2.75) is 19.5 Å². The number of carbonyl (C=O) groups is 2. The zero-order valence-corrected chi connectivity index (χ0v) is 15.8. The zero-order chi connectivity index (χ0) is 21.0. The molecule has 10 heteroatoms. The zero-order valence-electron chi connectivity index (χ0n) is 15.8. The first kappa shape index (κ1) is 20.8. The number of rotatable bonds is 5. The molecule has 1 aromatic heterocycles. The number of aryl methyl sites for hydroxylation is 1. The van der Waals surface area contributed by atoms with Crippen LogP contribution in [0.3, 0.4) is 0 Å². The van der Waals surface area contributed by atoms with Crippen LogP contribution in [0.15, 0.2) is 34.9 Å². The van der Waals surface area contributed by atoms with Gasteiger partial charge in [-0.1, -0.05) is 23.4 Å². The first-order valence-corrected chi connectivity index (χ1v) is 9.10. The lowest BCUT2D eigenvalue weighted by molar-refractivity contribution is -0.138. The number of aromatic nitrogens is 1. The topological polar surface area (TPSA) is 78.7 Å². The van der Waals surface area contributed by atoms with Crippen molar-refractivity contribution in [2.24, 2.45) is 0 Å². The van der Waals surface area contributed by atoms with Gasteiger partial charge in [0.1, 0.15) is 5.76 Å². The molecule has 1 aliphatic rings. The normalized spacial score (nSPS) is 15.4. The quantitative estimate of drug-likeness (QED) is 0.819. The van der Waals surface area contributed by atoms with E-state index in [1.54, 1.807) is 17.9 Å². The van der Waals surface area contributed by atoms with Crippen molar-refractivity contribution in [1.82, 2.24) is 15.0 Å². The number of hydrogen-bond donors (Lipinski definition) is 1. The van der Waals surface area contributed by atoms with E-state index in [-0.39, 0.29) is 24.8 Å². The molecule has 0 bridgehead atoms. The molecule has 0 aliphatic carbocycles. The molecule has 1 aromatic carbocycles. The summed E-state index contributed by atoms with van der Waals surface area (Å²) in [5.74, 6) is 0.476. The number of nitrogens with one attached hydrogen (secondary N) is 1. The Labute approximate surface area is 165 Å². The number of halogens is 3. The number of alkyl halides is 3. The fourth-order valence-corrected chi connectivity index (χ4v) is 3.11. The highest BCUT2D eigenvalue weighted by Crippen LogP contribution is 2.29. The van der Waals surface area contributed by atoms with Crippen LogP contribution in [0, 0.1) is 6.92 Å². The molecule has 3 rings (SSSR count). The lowest BCUT2D eigenvalue weighted by Crippen LogP contribution is -2.50. The van der Waals surface area contributed by atoms with Crippen molar-refractivity contribution in [2.75, 3.05) is 38.0 Å². The summed E-state index contributed by atoms with van der Waals surface area (Å²) in [6.45, 7) is 3.70. The van der Waals surface area contributed by atoms with E-state index in [0.29, 0.717) is 43.3 Å². The van der Waals surface area contributed by atoms with Crippen molar-refractivity contribution in [3.63, 3.8) is 0 Å². The third-order valence-corrected chi connectivity index (χ3v) is 4.60. The van der Waals surface area contributed by atoms with E-state index in [1.807, 2.05) is 4.90 Å². The van der Waals surface area contributed by atoms with E-state index in [4.69, 9.17) is 4.52 Å². The van der Waals surface area contributed by atoms with E-state index < -0.39 is 11.7 Å². The second-order valence-corrected chi connectivity index (χ2v) is 6.90. The fraction of sp³-hybridized carbons (Fsp3) is 0.421. The van der Waals surface area contributed by atoms with Gasteiger partial charge in [-0.2, -0.15) is 13.2 Å². The summed E-state index contributed by atoms with van der Waals surface area (Å²) in [4.78, 5) is 28.0. The number of nitrogens with zero attached hydrogens (tertiary/aromatic N) is 3. The molecule has 0 spiro atoms. The number of anilines is 1. The Bertz CT molecular complexity index is 874. The van der Waals surface area contributed by atoms with Gasteiger partial charge >= 0.3 is 6.18 Å². The minimum atomic E-state index is -4.43. The van der Waals surface area contributed by atoms with Gasteiger partial charge < -0.3 is 14.7 Å². The summed E-state index contributed by atoms with van der Waals surface area (Å²) in [5.41, 5.74) is -0.435. The second kappa shape index (κ2) is 8.64. The number of hydrogen-bond acceptors (Lipinski definition) is 5. The van der Waals surface area contributed by atoms with Gasteiger partial charge in [0.05, 0.1) is 18.5 Å². The van der Waals surface area contributed by atoms with Crippen LogP contribution in [-0.2, 0) is 22.2 Å². The van der Waals surface area contributed by atoms with Crippen molar-refractivity contribution in [3.05, 3.63) is 47.2 Å². The number of carbonyl (C=O) groups excluding carboxylic acids is 2. The summed E-state index contributed by atoms with van der Waals surface area (Å²) in [5, 5.41) is 6.33. The predicted octanol–water partition coefficient (Wildman–Crippen LogP) is 2.33. The molecule has 1 fully saturated rings. The maximum Gasteiger partial charge on any atom is 0.416 e. The first-order chi connectivity index (χ1) is 13.7. The van der Waals surface area contributed by atoms with Crippen molar-refractivity contribution in [3.8, 4) is 0 Å². The molecular weight excluding hydrogens is 389 g/mol. The van der Waals surface area contributed by atoms with Gasteiger partial charge in [0, 0.05) is 32.2 Å². The van der Waals surface area contributed by atoms with Gasteiger partial charge in [-0.25, -0.2) is 0 Å². The van der Waals surface area contributed by atoms with Crippen LogP contribution in [0.2, 0.25) is 0 Å². The molecular formula is C19H21F3N4O3. The van der Waals surface area contributed by atoms with Crippen LogP contribution in [-0.4, -0.2) is 59.5 Å². The summed E-state index contributed by atoms with van der Waals surface area (Å²) < 4.78 is 43.3. The van der Waals surface area contributed by atoms with Gasteiger partial charge in [-0.3, -0.25) is 14.5 Å². The smallest absolute Gasteiger partial charge is 0.360 e. The SMILES string of the molecule is Cc1cc(NC(=O)CN2CCN(C(=O)Cc3cccc(C(F)(F)F)c3)CC2)no1. The van der Waals surface area contributed by atoms with Crippen LogP contribution < -0.4 is 5.32 Å². The Hall–Kier alpha value is -2.88. The molecule has 7 nitrogen and oxygen atoms in total. The molecule has 2 aromatic rings. The van der Waals surface area contributed by atoms with E-state index in [0.717, 1.165) is 12.1 Å². The van der Waals surface area contributed by atoms with Crippen LogP contribution in [0.5, 0.6) is 0 Å². The number of amides is 2. The first-order valence-electron chi connectivity index (χ1n) is 9.10. The Morgan fingerprint density at radius 3 is 2.52 bits per heavy atom. The Kier molecular flexibility index (Phi) is 6.21. The molecule has 1 N–H and O–H groups in total. The molecule has 1 saturated heterocycles. The van der Waals surface area contributed by atoms with Gasteiger partial charge in [-0.15, -0.1) is 0 Å². The van der Waals surface area contributed by atoms with Crippen molar-refractivity contribution >= 4 is 17.6 Å². The molecule has 2 heterocycles. The lowest BCUT2D eigenvalue weighted by atomic mass is 10.1. The highest BCUT2D eigenvalue weighted by molar-refractivity contribution is 5.91. The maximum absolute atomic E-state index is 12.8. The largest absolute Gasteiger partial charge is 0.416 e. The Morgan fingerprint density at radius 2 is 1.90 bits per heavy atom. The van der Waals surface area contributed by atoms with Crippen LogP contribution >= 0.6 is 0 Å². The van der Waals surface area contributed by atoms with Crippen molar-refractivity contribution < 1.29 is 27.3 Å². The highest BCUT2D eigenvalue weighted by Gasteiger charge is 2.30. The fourth-order valence-electron chi connectivity index (χ4n) is 3.11. The average molecular weight is 410 g/mol. The molecule has 156 valence electrons. The highest BCUT2D eigenvalue weighted by atomic mass is 19.4. The van der Waals surface area contributed by atoms with Crippen molar-refractivity contribution in [1.29, 1.82) is 0 Å². The predicted molar refractivity (Wildman–Crippen MR) is 98.0 cm³/mol. The molecule has 29 heavy (non-hydrogen) atoms. The maximum atomic E-state index is 12.8. The number of piperazine rings is 1. The summed E-state index contributed by atoms with van der Waals surface area (Å²) in [7, 11) is 0. The Morgan fingerprint density at radius 1 is 1.17 bits per heavy atom. The molecule has 0 radical (unpaired) electrons. The molecule has 2 amide bonds. The van der Waals surface area contributed by atoms with E-state index >= 15 is 0 Å². The molecule has 0 unspecified atom stereocenters. The van der Waals surface area contributed by atoms with Gasteiger partial charge in [-0.05, 0) is 18.6 Å². The van der Waals surface area contributed by atoms with Crippen LogP contribution in [0.25, 0.3) is 0 Å². The third-order valence-electron chi connectivity index (χ3n) is 4.60. The van der Waals surface area contributed by atoms with Crippen LogP contribution in [0.4, 0.5) is 19.0 Å². The Balaban J connectivity index is 1.46. The summed E-state index contributed by atoms with van der Waals surface area (Å²) in [6, 6.07) is 6.42. The number of benzene rings is 1. The summed E-state index contributed by atoms with van der Waals surface area (Å²) >= 11 is 0. The molecule has 0 atom stereocenters. The van der Waals surface area contributed by atoms with E-state index in [1.165, 1.54) is 12.1 Å². The lowest BCUT2D eigenvalue weighted by Gasteiger charge is -2.34. The van der Waals surface area contributed by atoms with Crippen LogP contribution in [0.1, 0.15) is 16.9 Å². The van der Waals surface area contributed by atoms with Gasteiger partial charge in [0.15, 0.2) is 5.82 Å². The van der Waals surface area contributed by atoms with Gasteiger partial charge in [0.2, 0.25) is 11.8 Å². The van der Waals surface area contributed by atoms with E-state index in [9.17, 15) is 22.8 Å². The van der Waals surface area contributed by atoms with E-state index in [2.05, 4.69) is 10.5 Å². The minimum absolute atomic E-state index is 0.0874. The molecule has 1 aliphatic heterocycles. The third kappa shape index (κ3) is 5.80. The second-order valence-electron chi connectivity index (χ2n) is 6.90. The monoisotopic (exact) mass is 410 g/mol. The standard InChI is InChI=1S/C19H21F3N4O3/c1-13-9-16(24-29-13)23-17(27)12-25-5-7-26(8-6-25)18(28)11-14-3-2-4-15(10-14)19(20,21)22/h2-4,9-10H,5-8,11-12H2,1H3,(H,23,24,27). The minimum Gasteiger partial charge on any atom is -0.360 e.